The van der Waals surface area contributed by atoms with Crippen molar-refractivity contribution in [3.05, 3.63) is 16.1 Å². The van der Waals surface area contributed by atoms with Crippen LogP contribution < -0.4 is 5.32 Å². The number of hydrogen-bond donors (Lipinski definition) is 1. The Labute approximate surface area is 128 Å². The van der Waals surface area contributed by atoms with E-state index < -0.39 is 0 Å². The van der Waals surface area contributed by atoms with Crippen molar-refractivity contribution in [2.75, 3.05) is 13.6 Å². The topological polar surface area (TPSA) is 28.2 Å². The molecule has 0 bridgehead atoms. The summed E-state index contributed by atoms with van der Waals surface area (Å²) in [4.78, 5) is 7.13. The molecule has 116 valence electrons. The first kappa shape index (κ1) is 17.6. The molecule has 0 saturated heterocycles. The van der Waals surface area contributed by atoms with Gasteiger partial charge < -0.3 is 5.32 Å². The Bertz CT molecular complexity index is 374. The minimum absolute atomic E-state index is 0.610. The van der Waals surface area contributed by atoms with Crippen LogP contribution in [0.1, 0.15) is 51.7 Å². The molecule has 1 N–H and O–H groups in total. The Morgan fingerprint density at radius 3 is 2.50 bits per heavy atom. The quantitative estimate of drug-likeness (QED) is 0.752. The molecule has 1 atom stereocenters. The van der Waals surface area contributed by atoms with Gasteiger partial charge in [0.05, 0.1) is 5.69 Å². The Morgan fingerprint density at radius 2 is 1.90 bits per heavy atom. The van der Waals surface area contributed by atoms with Crippen molar-refractivity contribution in [2.24, 2.45) is 11.8 Å². The lowest BCUT2D eigenvalue weighted by Gasteiger charge is -2.25. The minimum Gasteiger partial charge on any atom is -0.310 e. The summed E-state index contributed by atoms with van der Waals surface area (Å²) in [5, 5.41) is 6.85. The molecular weight excluding hydrogens is 266 g/mol. The lowest BCUT2D eigenvalue weighted by molar-refractivity contribution is 0.218. The van der Waals surface area contributed by atoms with E-state index in [1.54, 1.807) is 11.3 Å². The van der Waals surface area contributed by atoms with Crippen LogP contribution in [0.5, 0.6) is 0 Å². The maximum atomic E-state index is 4.72. The standard InChI is InChI=1S/C16H31N3S/c1-12(2)7-14(5)19(6)10-15-11-20-16(18-15)9-17-8-13(3)4/h11-14,17H,7-10H2,1-6H3. The highest BCUT2D eigenvalue weighted by molar-refractivity contribution is 7.09. The summed E-state index contributed by atoms with van der Waals surface area (Å²) in [6, 6.07) is 0.610. The first-order chi connectivity index (χ1) is 9.38. The maximum absolute atomic E-state index is 4.72. The minimum atomic E-state index is 0.610. The smallest absolute Gasteiger partial charge is 0.107 e. The molecule has 0 radical (unpaired) electrons. The summed E-state index contributed by atoms with van der Waals surface area (Å²) < 4.78 is 0. The monoisotopic (exact) mass is 297 g/mol. The zero-order valence-electron chi connectivity index (χ0n) is 13.9. The maximum Gasteiger partial charge on any atom is 0.107 e. The van der Waals surface area contributed by atoms with Gasteiger partial charge in [0.1, 0.15) is 5.01 Å². The number of hydrogen-bond acceptors (Lipinski definition) is 4. The molecule has 3 nitrogen and oxygen atoms in total. The second-order valence-corrected chi connectivity index (χ2v) is 7.59. The summed E-state index contributed by atoms with van der Waals surface area (Å²) >= 11 is 1.77. The van der Waals surface area contributed by atoms with Crippen LogP contribution >= 0.6 is 11.3 Å². The molecular formula is C16H31N3S. The zero-order valence-corrected chi connectivity index (χ0v) is 14.8. The van der Waals surface area contributed by atoms with Crippen LogP contribution in [-0.4, -0.2) is 29.5 Å². The molecule has 4 heteroatoms. The van der Waals surface area contributed by atoms with Crippen LogP contribution in [0, 0.1) is 11.8 Å². The van der Waals surface area contributed by atoms with Crippen LogP contribution in [0.15, 0.2) is 5.38 Å². The molecule has 1 aromatic heterocycles. The Balaban J connectivity index is 2.39. The van der Waals surface area contributed by atoms with E-state index in [9.17, 15) is 0 Å². The Hall–Kier alpha value is -0.450. The van der Waals surface area contributed by atoms with Crippen molar-refractivity contribution in [1.29, 1.82) is 0 Å². The molecule has 0 amide bonds. The second kappa shape index (κ2) is 8.75. The van der Waals surface area contributed by atoms with Crippen molar-refractivity contribution >= 4 is 11.3 Å². The number of thiazole rings is 1. The molecule has 1 aromatic rings. The van der Waals surface area contributed by atoms with Crippen molar-refractivity contribution in [2.45, 2.75) is 60.2 Å². The average molecular weight is 298 g/mol. The fraction of sp³-hybridized carbons (Fsp3) is 0.812. The highest BCUT2D eigenvalue weighted by Gasteiger charge is 2.13. The van der Waals surface area contributed by atoms with Crippen molar-refractivity contribution in [3.63, 3.8) is 0 Å². The zero-order chi connectivity index (χ0) is 15.1. The SMILES string of the molecule is CC(C)CNCc1nc(CN(C)C(C)CC(C)C)cs1. The van der Waals surface area contributed by atoms with Crippen LogP contribution in [0.4, 0.5) is 0 Å². The van der Waals surface area contributed by atoms with Crippen molar-refractivity contribution in [3.8, 4) is 0 Å². The van der Waals surface area contributed by atoms with E-state index in [0.717, 1.165) is 25.6 Å². The van der Waals surface area contributed by atoms with Gasteiger partial charge in [-0.05, 0) is 38.8 Å². The summed E-state index contributed by atoms with van der Waals surface area (Å²) in [5.41, 5.74) is 1.20. The van der Waals surface area contributed by atoms with E-state index in [1.807, 2.05) is 0 Å². The highest BCUT2D eigenvalue weighted by Crippen LogP contribution is 2.15. The van der Waals surface area contributed by atoms with Gasteiger partial charge in [-0.2, -0.15) is 0 Å². The number of rotatable bonds is 9. The fourth-order valence-electron chi connectivity index (χ4n) is 2.24. The van der Waals surface area contributed by atoms with E-state index in [4.69, 9.17) is 4.98 Å². The third kappa shape index (κ3) is 6.82. The second-order valence-electron chi connectivity index (χ2n) is 6.65. The largest absolute Gasteiger partial charge is 0.310 e. The fourth-order valence-corrected chi connectivity index (χ4v) is 3.00. The van der Waals surface area contributed by atoms with Gasteiger partial charge in [0.15, 0.2) is 0 Å². The third-order valence-electron chi connectivity index (χ3n) is 3.40. The normalized spacial score (nSPS) is 13.7. The molecule has 0 saturated carbocycles. The predicted molar refractivity (Wildman–Crippen MR) is 89.0 cm³/mol. The summed E-state index contributed by atoms with van der Waals surface area (Å²) in [7, 11) is 2.20. The van der Waals surface area contributed by atoms with E-state index in [-0.39, 0.29) is 0 Å². The van der Waals surface area contributed by atoms with E-state index >= 15 is 0 Å². The average Bonchev–Trinajstić information content (AvgIpc) is 2.75. The number of nitrogens with zero attached hydrogens (tertiary/aromatic N) is 2. The van der Waals surface area contributed by atoms with Gasteiger partial charge in [0, 0.05) is 24.5 Å². The van der Waals surface area contributed by atoms with Gasteiger partial charge in [-0.25, -0.2) is 4.98 Å². The van der Waals surface area contributed by atoms with Gasteiger partial charge in [-0.1, -0.05) is 27.7 Å². The molecule has 0 aromatic carbocycles. The summed E-state index contributed by atoms with van der Waals surface area (Å²) in [6.07, 6.45) is 1.24. The van der Waals surface area contributed by atoms with Gasteiger partial charge >= 0.3 is 0 Å². The highest BCUT2D eigenvalue weighted by atomic mass is 32.1. The molecule has 0 aliphatic rings. The van der Waals surface area contributed by atoms with Crippen molar-refractivity contribution in [1.82, 2.24) is 15.2 Å². The first-order valence-electron chi connectivity index (χ1n) is 7.72. The molecule has 1 unspecified atom stereocenters. The molecule has 0 spiro atoms. The van der Waals surface area contributed by atoms with Crippen LogP contribution in [0.25, 0.3) is 0 Å². The van der Waals surface area contributed by atoms with Gasteiger partial charge in [0.25, 0.3) is 0 Å². The van der Waals surface area contributed by atoms with E-state index in [1.165, 1.54) is 17.1 Å². The molecule has 0 aliphatic carbocycles. The van der Waals surface area contributed by atoms with E-state index in [0.29, 0.717) is 12.0 Å². The lowest BCUT2D eigenvalue weighted by Crippen LogP contribution is -2.29. The lowest BCUT2D eigenvalue weighted by atomic mass is 10.0. The van der Waals surface area contributed by atoms with E-state index in [2.05, 4.69) is 57.3 Å². The van der Waals surface area contributed by atoms with Gasteiger partial charge in [-0.15, -0.1) is 11.3 Å². The molecule has 1 rings (SSSR count). The molecule has 0 aliphatic heterocycles. The van der Waals surface area contributed by atoms with Crippen LogP contribution in [0.3, 0.4) is 0 Å². The molecule has 20 heavy (non-hydrogen) atoms. The van der Waals surface area contributed by atoms with Gasteiger partial charge in [0.2, 0.25) is 0 Å². The third-order valence-corrected chi connectivity index (χ3v) is 4.30. The first-order valence-corrected chi connectivity index (χ1v) is 8.60. The van der Waals surface area contributed by atoms with Crippen LogP contribution in [0.2, 0.25) is 0 Å². The number of aromatic nitrogens is 1. The molecule has 0 fully saturated rings. The van der Waals surface area contributed by atoms with Crippen molar-refractivity contribution < 1.29 is 0 Å². The predicted octanol–water partition coefficient (Wildman–Crippen LogP) is 3.76. The Morgan fingerprint density at radius 1 is 1.20 bits per heavy atom. The summed E-state index contributed by atoms with van der Waals surface area (Å²) in [5.74, 6) is 1.44. The van der Waals surface area contributed by atoms with Crippen LogP contribution in [-0.2, 0) is 13.1 Å². The van der Waals surface area contributed by atoms with Gasteiger partial charge in [-0.3, -0.25) is 4.90 Å². The molecule has 1 heterocycles. The Kier molecular flexibility index (Phi) is 7.70. The number of nitrogens with one attached hydrogen (secondary N) is 1. The summed E-state index contributed by atoms with van der Waals surface area (Å²) in [6.45, 7) is 14.2.